The van der Waals surface area contributed by atoms with Crippen LogP contribution in [-0.2, 0) is 20.8 Å². The predicted molar refractivity (Wildman–Crippen MR) is 144 cm³/mol. The Morgan fingerprint density at radius 1 is 0.912 bits per heavy atom. The smallest absolute Gasteiger partial charge is 0.332 e. The van der Waals surface area contributed by atoms with Gasteiger partial charge in [0, 0.05) is 44.3 Å². The van der Waals surface area contributed by atoms with E-state index in [1.54, 1.807) is 0 Å². The lowest BCUT2D eigenvalue weighted by molar-refractivity contribution is -0.152. The summed E-state index contributed by atoms with van der Waals surface area (Å²) in [5.74, 6) is -0.316. The predicted octanol–water partition coefficient (Wildman–Crippen LogP) is 5.49. The monoisotopic (exact) mass is 528 g/mol. The Morgan fingerprint density at radius 3 is 2.06 bits per heavy atom. The van der Waals surface area contributed by atoms with E-state index in [9.17, 15) is 4.79 Å². The molecule has 0 bridgehead atoms. The fraction of sp³-hybridized carbons (Fsp3) is 0.423. The topological polar surface area (TPSA) is 42.0 Å². The second-order valence-electron chi connectivity index (χ2n) is 8.31. The molecule has 1 heterocycles. The van der Waals surface area contributed by atoms with Crippen molar-refractivity contribution in [2.24, 2.45) is 0 Å². The zero-order valence-corrected chi connectivity index (χ0v) is 22.2. The molecule has 0 spiro atoms. The zero-order valence-electron chi connectivity index (χ0n) is 19.8. The molecule has 0 unspecified atom stereocenters. The maximum absolute atomic E-state index is 11.4. The van der Waals surface area contributed by atoms with Gasteiger partial charge in [-0.25, -0.2) is 4.79 Å². The van der Waals surface area contributed by atoms with Crippen LogP contribution in [0.1, 0.15) is 19.4 Å². The third-order valence-corrected chi connectivity index (χ3v) is 5.59. The van der Waals surface area contributed by atoms with Crippen LogP contribution in [0.5, 0.6) is 0 Å². The summed E-state index contributed by atoms with van der Waals surface area (Å²) in [6.45, 7) is 10.2. The van der Waals surface area contributed by atoms with Crippen molar-refractivity contribution in [1.82, 2.24) is 9.80 Å². The summed E-state index contributed by atoms with van der Waals surface area (Å²) in [5, 5.41) is 0.761. The van der Waals surface area contributed by atoms with E-state index < -0.39 is 0 Å². The van der Waals surface area contributed by atoms with Gasteiger partial charge in [0.15, 0.2) is 0 Å². The molecule has 34 heavy (non-hydrogen) atoms. The highest BCUT2D eigenvalue weighted by molar-refractivity contribution is 6.30. The Kier molecular flexibility index (Phi) is 14.4. The number of nitrogens with zero attached hydrogens (tertiary/aromatic N) is 2. The average Bonchev–Trinajstić information content (AvgIpc) is 2.78. The second-order valence-corrected chi connectivity index (χ2v) is 8.74. The van der Waals surface area contributed by atoms with Gasteiger partial charge in [-0.15, -0.1) is 24.8 Å². The number of carbonyl (C=O) groups is 1. The van der Waals surface area contributed by atoms with Gasteiger partial charge in [-0.05, 0) is 42.7 Å². The molecule has 0 atom stereocenters. The van der Waals surface area contributed by atoms with Crippen molar-refractivity contribution in [3.63, 3.8) is 0 Å². The summed E-state index contributed by atoms with van der Waals surface area (Å²) < 4.78 is 10.3. The molecule has 0 aliphatic carbocycles. The van der Waals surface area contributed by atoms with Crippen molar-refractivity contribution in [2.75, 3.05) is 45.9 Å². The van der Waals surface area contributed by atoms with Crippen LogP contribution in [0.4, 0.5) is 0 Å². The summed E-state index contributed by atoms with van der Waals surface area (Å²) in [6, 6.07) is 16.8. The van der Waals surface area contributed by atoms with Crippen LogP contribution >= 0.6 is 36.4 Å². The lowest BCUT2D eigenvalue weighted by Gasteiger charge is -2.34. The summed E-state index contributed by atoms with van der Waals surface area (Å²) >= 11 is 5.98. The van der Waals surface area contributed by atoms with Gasteiger partial charge in [-0.2, -0.15) is 0 Å². The van der Waals surface area contributed by atoms with Crippen LogP contribution in [0.2, 0.25) is 5.02 Å². The van der Waals surface area contributed by atoms with Gasteiger partial charge >= 0.3 is 5.97 Å². The first-order valence-corrected chi connectivity index (χ1v) is 11.6. The number of esters is 1. The molecule has 3 rings (SSSR count). The largest absolute Gasteiger partial charge is 0.461 e. The molecule has 0 N–H and O–H groups in total. The van der Waals surface area contributed by atoms with E-state index in [2.05, 4.69) is 52.3 Å². The SMILES string of the molecule is CC(C)OC(=O)COC/C=C\CN1CCN(Cc2ccc(-c3ccc(Cl)cc3)cc2)CC1.Cl.Cl. The van der Waals surface area contributed by atoms with Gasteiger partial charge in [-0.1, -0.05) is 60.2 Å². The van der Waals surface area contributed by atoms with Crippen LogP contribution < -0.4 is 0 Å². The number of halogens is 3. The molecule has 0 aromatic heterocycles. The molecular weight excluding hydrogens is 495 g/mol. The number of rotatable bonds is 10. The van der Waals surface area contributed by atoms with E-state index in [1.165, 1.54) is 16.7 Å². The molecule has 1 saturated heterocycles. The molecular formula is C26H35Cl3N2O3. The minimum Gasteiger partial charge on any atom is -0.461 e. The molecule has 0 radical (unpaired) electrons. The third kappa shape index (κ3) is 10.8. The lowest BCUT2D eigenvalue weighted by Crippen LogP contribution is -2.45. The van der Waals surface area contributed by atoms with Gasteiger partial charge in [0.2, 0.25) is 0 Å². The highest BCUT2D eigenvalue weighted by atomic mass is 35.5. The molecule has 188 valence electrons. The summed E-state index contributed by atoms with van der Waals surface area (Å²) in [6.07, 6.45) is 3.98. The Balaban J connectivity index is 0.00000289. The Labute approximate surface area is 220 Å². The first kappa shape index (κ1) is 30.4. The zero-order chi connectivity index (χ0) is 22.8. The standard InChI is InChI=1S/C26H33ClN2O3.2ClH/c1-21(2)32-26(30)20-31-18-4-3-13-28-14-16-29(17-15-28)19-22-5-7-23(8-6-22)24-9-11-25(27)12-10-24;;/h3-12,21H,13-20H2,1-2H3;2*1H/b4-3-;;. The van der Waals surface area contributed by atoms with Crippen LogP contribution in [-0.4, -0.2) is 67.8 Å². The van der Waals surface area contributed by atoms with Crippen molar-refractivity contribution in [3.05, 3.63) is 71.3 Å². The van der Waals surface area contributed by atoms with Crippen molar-refractivity contribution in [3.8, 4) is 11.1 Å². The molecule has 2 aromatic rings. The van der Waals surface area contributed by atoms with E-state index in [0.717, 1.165) is 44.3 Å². The number of carbonyl (C=O) groups excluding carboxylic acids is 1. The summed E-state index contributed by atoms with van der Waals surface area (Å²) in [5.41, 5.74) is 3.73. The minimum absolute atomic E-state index is 0. The van der Waals surface area contributed by atoms with E-state index in [-0.39, 0.29) is 43.5 Å². The van der Waals surface area contributed by atoms with Crippen molar-refractivity contribution in [2.45, 2.75) is 26.5 Å². The van der Waals surface area contributed by atoms with Crippen LogP contribution in [0, 0.1) is 0 Å². The fourth-order valence-corrected chi connectivity index (χ4v) is 3.76. The number of hydrogen-bond donors (Lipinski definition) is 0. The molecule has 0 saturated carbocycles. The van der Waals surface area contributed by atoms with Gasteiger partial charge in [0.05, 0.1) is 12.7 Å². The number of benzene rings is 2. The second kappa shape index (κ2) is 16.1. The van der Waals surface area contributed by atoms with Crippen molar-refractivity contribution in [1.29, 1.82) is 0 Å². The fourth-order valence-electron chi connectivity index (χ4n) is 3.63. The molecule has 2 aromatic carbocycles. The Hall–Kier alpha value is -1.60. The number of piperazine rings is 1. The van der Waals surface area contributed by atoms with Crippen molar-refractivity contribution < 1.29 is 14.3 Å². The highest BCUT2D eigenvalue weighted by Gasteiger charge is 2.16. The van der Waals surface area contributed by atoms with E-state index in [1.807, 2.05) is 32.1 Å². The number of ether oxygens (including phenoxy) is 2. The van der Waals surface area contributed by atoms with E-state index in [0.29, 0.717) is 6.61 Å². The van der Waals surface area contributed by atoms with E-state index in [4.69, 9.17) is 21.1 Å². The quantitative estimate of drug-likeness (QED) is 0.231. The van der Waals surface area contributed by atoms with Gasteiger partial charge < -0.3 is 9.47 Å². The molecule has 1 fully saturated rings. The Morgan fingerprint density at radius 2 is 1.47 bits per heavy atom. The normalized spacial score (nSPS) is 14.6. The average molecular weight is 530 g/mol. The molecule has 1 aliphatic rings. The minimum atomic E-state index is -0.316. The lowest BCUT2D eigenvalue weighted by atomic mass is 10.0. The van der Waals surface area contributed by atoms with Gasteiger partial charge in [-0.3, -0.25) is 9.80 Å². The molecule has 0 amide bonds. The maximum Gasteiger partial charge on any atom is 0.332 e. The third-order valence-electron chi connectivity index (χ3n) is 5.33. The number of hydrogen-bond acceptors (Lipinski definition) is 5. The molecule has 5 nitrogen and oxygen atoms in total. The molecule has 8 heteroatoms. The van der Waals surface area contributed by atoms with Gasteiger partial charge in [0.25, 0.3) is 0 Å². The van der Waals surface area contributed by atoms with Crippen LogP contribution in [0.15, 0.2) is 60.7 Å². The summed E-state index contributed by atoms with van der Waals surface area (Å²) in [7, 11) is 0. The van der Waals surface area contributed by atoms with Crippen molar-refractivity contribution >= 4 is 42.4 Å². The highest BCUT2D eigenvalue weighted by Crippen LogP contribution is 2.22. The van der Waals surface area contributed by atoms with Gasteiger partial charge in [0.1, 0.15) is 6.61 Å². The molecule has 1 aliphatic heterocycles. The maximum atomic E-state index is 11.4. The Bertz CT molecular complexity index is 866. The summed E-state index contributed by atoms with van der Waals surface area (Å²) in [4.78, 5) is 16.3. The van der Waals surface area contributed by atoms with Crippen LogP contribution in [0.25, 0.3) is 11.1 Å². The van der Waals surface area contributed by atoms with E-state index >= 15 is 0 Å². The first-order chi connectivity index (χ1) is 15.5. The first-order valence-electron chi connectivity index (χ1n) is 11.2. The van der Waals surface area contributed by atoms with Crippen LogP contribution in [0.3, 0.4) is 0 Å².